The van der Waals surface area contributed by atoms with Gasteiger partial charge in [0.25, 0.3) is 0 Å². The summed E-state index contributed by atoms with van der Waals surface area (Å²) in [6.07, 6.45) is 1.29. The van der Waals surface area contributed by atoms with Gasteiger partial charge in [0.2, 0.25) is 5.91 Å². The van der Waals surface area contributed by atoms with Gasteiger partial charge in [0, 0.05) is 20.1 Å². The lowest BCUT2D eigenvalue weighted by Gasteiger charge is -2.24. The third-order valence-electron chi connectivity index (χ3n) is 2.90. The minimum atomic E-state index is -0.321. The molecule has 0 bridgehead atoms. The number of carbonyl (C=O) groups excluding carboxylic acids is 1. The van der Waals surface area contributed by atoms with E-state index in [0.717, 1.165) is 19.4 Å². The molecule has 82 valence electrons. The Hall–Kier alpha value is -0.610. The highest BCUT2D eigenvalue weighted by atomic mass is 16.3. The van der Waals surface area contributed by atoms with Crippen LogP contribution in [0.4, 0.5) is 0 Å². The summed E-state index contributed by atoms with van der Waals surface area (Å²) >= 11 is 0. The Morgan fingerprint density at radius 3 is 2.79 bits per heavy atom. The molecule has 2 atom stereocenters. The molecule has 1 N–H and O–H groups in total. The van der Waals surface area contributed by atoms with E-state index in [9.17, 15) is 9.90 Å². The van der Waals surface area contributed by atoms with E-state index in [1.165, 1.54) is 0 Å². The maximum atomic E-state index is 11.6. The number of amides is 1. The first kappa shape index (κ1) is 11.5. The molecule has 0 aromatic rings. The number of carbonyl (C=O) groups is 1. The number of hydrogen-bond donors (Lipinski definition) is 1. The highest BCUT2D eigenvalue weighted by Gasteiger charge is 2.32. The fraction of sp³-hybridized carbons (Fsp3) is 0.900. The van der Waals surface area contributed by atoms with Crippen molar-refractivity contribution in [1.82, 2.24) is 9.80 Å². The molecule has 0 unspecified atom stereocenters. The molecule has 4 heteroatoms. The average molecular weight is 200 g/mol. The molecule has 4 nitrogen and oxygen atoms in total. The summed E-state index contributed by atoms with van der Waals surface area (Å²) in [7, 11) is 3.73. The van der Waals surface area contributed by atoms with Crippen LogP contribution in [0.25, 0.3) is 0 Å². The van der Waals surface area contributed by atoms with E-state index in [1.54, 1.807) is 4.90 Å². The zero-order valence-electron chi connectivity index (χ0n) is 9.23. The Balaban J connectivity index is 2.45. The number of aliphatic hydroxyl groups is 1. The number of hydrogen-bond acceptors (Lipinski definition) is 3. The van der Waals surface area contributed by atoms with Crippen LogP contribution in [0.15, 0.2) is 0 Å². The maximum Gasteiger partial charge on any atom is 0.239 e. The van der Waals surface area contributed by atoms with Crippen molar-refractivity contribution < 1.29 is 9.90 Å². The predicted molar refractivity (Wildman–Crippen MR) is 55.0 cm³/mol. The molecule has 1 rings (SSSR count). The minimum Gasteiger partial charge on any atom is -0.392 e. The molecule has 0 aromatic heterocycles. The monoisotopic (exact) mass is 200 g/mol. The summed E-state index contributed by atoms with van der Waals surface area (Å²) < 4.78 is 0. The molecule has 0 saturated carbocycles. The number of likely N-dealkylation sites (tertiary alicyclic amines) is 1. The fourth-order valence-corrected chi connectivity index (χ4v) is 1.80. The van der Waals surface area contributed by atoms with Crippen molar-refractivity contribution in [3.63, 3.8) is 0 Å². The predicted octanol–water partition coefficient (Wildman–Crippen LogP) is -0.0802. The van der Waals surface area contributed by atoms with Crippen molar-refractivity contribution >= 4 is 5.91 Å². The second kappa shape index (κ2) is 4.75. The lowest BCUT2D eigenvalue weighted by atomic mass is 10.2. The van der Waals surface area contributed by atoms with Gasteiger partial charge in [-0.3, -0.25) is 9.69 Å². The summed E-state index contributed by atoms with van der Waals surface area (Å²) in [4.78, 5) is 15.3. The molecule has 14 heavy (non-hydrogen) atoms. The van der Waals surface area contributed by atoms with E-state index < -0.39 is 0 Å². The Kier molecular flexibility index (Phi) is 3.89. The van der Waals surface area contributed by atoms with Crippen LogP contribution in [0, 0.1) is 0 Å². The van der Waals surface area contributed by atoms with Gasteiger partial charge in [-0.05, 0) is 19.9 Å². The van der Waals surface area contributed by atoms with Gasteiger partial charge < -0.3 is 10.0 Å². The SMILES string of the molecule is CC[C@H](O)CN(C)[C@@H]1CCN(C)C1=O. The number of rotatable bonds is 4. The molecule has 1 heterocycles. The molecule has 0 aromatic carbocycles. The molecule has 1 fully saturated rings. The van der Waals surface area contributed by atoms with E-state index in [2.05, 4.69) is 0 Å². The summed E-state index contributed by atoms with van der Waals surface area (Å²) in [6.45, 7) is 3.36. The fourth-order valence-electron chi connectivity index (χ4n) is 1.80. The van der Waals surface area contributed by atoms with Gasteiger partial charge in [-0.25, -0.2) is 0 Å². The Labute approximate surface area is 85.5 Å². The third-order valence-corrected chi connectivity index (χ3v) is 2.90. The smallest absolute Gasteiger partial charge is 0.239 e. The molecular weight excluding hydrogens is 180 g/mol. The zero-order chi connectivity index (χ0) is 10.7. The zero-order valence-corrected chi connectivity index (χ0v) is 9.23. The number of aliphatic hydroxyl groups excluding tert-OH is 1. The lowest BCUT2D eigenvalue weighted by molar-refractivity contribution is -0.130. The Morgan fingerprint density at radius 1 is 1.71 bits per heavy atom. The number of likely N-dealkylation sites (N-methyl/N-ethyl adjacent to an activating group) is 2. The minimum absolute atomic E-state index is 0.0267. The molecule has 1 aliphatic rings. The standard InChI is InChI=1S/C10H20N2O2/c1-4-8(13)7-12(3)9-5-6-11(2)10(9)14/h8-9,13H,4-7H2,1-3H3/t8-,9+/m0/s1. The van der Waals surface area contributed by atoms with Crippen LogP contribution in [0.2, 0.25) is 0 Å². The Morgan fingerprint density at radius 2 is 2.36 bits per heavy atom. The van der Waals surface area contributed by atoms with Crippen LogP contribution in [-0.4, -0.2) is 60.1 Å². The van der Waals surface area contributed by atoms with Gasteiger partial charge in [0.05, 0.1) is 12.1 Å². The third kappa shape index (κ3) is 2.45. The van der Waals surface area contributed by atoms with E-state index in [0.29, 0.717) is 6.54 Å². The van der Waals surface area contributed by atoms with Crippen molar-refractivity contribution in [2.45, 2.75) is 31.9 Å². The first-order valence-corrected chi connectivity index (χ1v) is 5.19. The molecule has 1 aliphatic heterocycles. The van der Waals surface area contributed by atoms with Crippen molar-refractivity contribution in [3.05, 3.63) is 0 Å². The first-order chi connectivity index (χ1) is 6.56. The Bertz CT molecular complexity index is 208. The molecule has 0 radical (unpaired) electrons. The van der Waals surface area contributed by atoms with Crippen molar-refractivity contribution in [1.29, 1.82) is 0 Å². The van der Waals surface area contributed by atoms with Gasteiger partial charge >= 0.3 is 0 Å². The van der Waals surface area contributed by atoms with Crippen LogP contribution in [0.5, 0.6) is 0 Å². The van der Waals surface area contributed by atoms with Gasteiger partial charge in [-0.1, -0.05) is 6.92 Å². The number of nitrogens with zero attached hydrogens (tertiary/aromatic N) is 2. The first-order valence-electron chi connectivity index (χ1n) is 5.19. The largest absolute Gasteiger partial charge is 0.392 e. The van der Waals surface area contributed by atoms with E-state index >= 15 is 0 Å². The molecular formula is C10H20N2O2. The summed E-state index contributed by atoms with van der Waals surface area (Å²) in [6, 6.07) is -0.0267. The second-order valence-electron chi connectivity index (χ2n) is 4.07. The van der Waals surface area contributed by atoms with E-state index in [-0.39, 0.29) is 18.1 Å². The van der Waals surface area contributed by atoms with Crippen molar-refractivity contribution in [2.24, 2.45) is 0 Å². The van der Waals surface area contributed by atoms with Crippen LogP contribution < -0.4 is 0 Å². The molecule has 1 saturated heterocycles. The highest BCUT2D eigenvalue weighted by Crippen LogP contribution is 2.14. The van der Waals surface area contributed by atoms with Crippen LogP contribution >= 0.6 is 0 Å². The van der Waals surface area contributed by atoms with E-state index in [4.69, 9.17) is 0 Å². The van der Waals surface area contributed by atoms with E-state index in [1.807, 2.05) is 25.9 Å². The maximum absolute atomic E-state index is 11.6. The van der Waals surface area contributed by atoms with Gasteiger partial charge in [-0.15, -0.1) is 0 Å². The van der Waals surface area contributed by atoms with Gasteiger partial charge in [0.15, 0.2) is 0 Å². The summed E-state index contributed by atoms with van der Waals surface area (Å²) in [5.74, 6) is 0.177. The summed E-state index contributed by atoms with van der Waals surface area (Å²) in [5, 5.41) is 9.47. The molecule has 0 aliphatic carbocycles. The van der Waals surface area contributed by atoms with Crippen LogP contribution in [-0.2, 0) is 4.79 Å². The van der Waals surface area contributed by atoms with Crippen LogP contribution in [0.1, 0.15) is 19.8 Å². The van der Waals surface area contributed by atoms with Crippen molar-refractivity contribution in [3.8, 4) is 0 Å². The lowest BCUT2D eigenvalue weighted by Crippen LogP contribution is -2.42. The van der Waals surface area contributed by atoms with Crippen molar-refractivity contribution in [2.75, 3.05) is 27.2 Å². The molecule has 1 amide bonds. The second-order valence-corrected chi connectivity index (χ2v) is 4.07. The van der Waals surface area contributed by atoms with Crippen LogP contribution in [0.3, 0.4) is 0 Å². The quantitative estimate of drug-likeness (QED) is 0.690. The average Bonchev–Trinajstić information content (AvgIpc) is 2.47. The topological polar surface area (TPSA) is 43.8 Å². The highest BCUT2D eigenvalue weighted by molar-refractivity contribution is 5.83. The summed E-state index contributed by atoms with van der Waals surface area (Å²) in [5.41, 5.74) is 0. The molecule has 0 spiro atoms. The van der Waals surface area contributed by atoms with Gasteiger partial charge in [-0.2, -0.15) is 0 Å². The van der Waals surface area contributed by atoms with Gasteiger partial charge in [0.1, 0.15) is 0 Å². The normalized spacial score (nSPS) is 24.8.